The van der Waals surface area contributed by atoms with Crippen molar-refractivity contribution in [2.24, 2.45) is 0 Å². The first-order valence-electron chi connectivity index (χ1n) is 6.21. The highest BCUT2D eigenvalue weighted by atomic mass is 79.9. The lowest BCUT2D eigenvalue weighted by atomic mass is 10.1. The molecule has 1 N–H and O–H groups in total. The fourth-order valence-electron chi connectivity index (χ4n) is 2.12. The van der Waals surface area contributed by atoms with Crippen molar-refractivity contribution < 1.29 is 5.11 Å². The summed E-state index contributed by atoms with van der Waals surface area (Å²) in [5.74, 6) is 0. The molecule has 1 aromatic rings. The minimum Gasteiger partial charge on any atom is -0.389 e. The van der Waals surface area contributed by atoms with Crippen molar-refractivity contribution in [3.63, 3.8) is 0 Å². The van der Waals surface area contributed by atoms with Crippen LogP contribution in [0.25, 0.3) is 0 Å². The molecule has 0 aromatic heterocycles. The second kappa shape index (κ2) is 6.41. The summed E-state index contributed by atoms with van der Waals surface area (Å²) in [7, 11) is 2.13. The number of anilines is 1. The van der Waals surface area contributed by atoms with Gasteiger partial charge >= 0.3 is 0 Å². The third kappa shape index (κ3) is 3.46. The van der Waals surface area contributed by atoms with Gasteiger partial charge in [0, 0.05) is 23.2 Å². The molecule has 1 rings (SSSR count). The van der Waals surface area contributed by atoms with Gasteiger partial charge in [0.25, 0.3) is 0 Å². The van der Waals surface area contributed by atoms with E-state index in [1.54, 1.807) is 6.92 Å². The molecular formula is C14H22BrNO. The van der Waals surface area contributed by atoms with Crippen LogP contribution in [0.2, 0.25) is 0 Å². The van der Waals surface area contributed by atoms with E-state index >= 15 is 0 Å². The first kappa shape index (κ1) is 14.5. The molecule has 0 saturated carbocycles. The monoisotopic (exact) mass is 299 g/mol. The van der Waals surface area contributed by atoms with Crippen LogP contribution >= 0.6 is 15.9 Å². The van der Waals surface area contributed by atoms with E-state index in [4.69, 9.17) is 0 Å². The molecule has 0 amide bonds. The molecule has 0 aliphatic carbocycles. The van der Waals surface area contributed by atoms with Crippen molar-refractivity contribution in [1.82, 2.24) is 0 Å². The van der Waals surface area contributed by atoms with Gasteiger partial charge in [0.1, 0.15) is 0 Å². The fraction of sp³-hybridized carbons (Fsp3) is 0.571. The number of nitrogens with zero attached hydrogens (tertiary/aromatic N) is 1. The van der Waals surface area contributed by atoms with Gasteiger partial charge in [-0.15, -0.1) is 0 Å². The summed E-state index contributed by atoms with van der Waals surface area (Å²) in [5, 5.41) is 9.59. The average Bonchev–Trinajstić information content (AvgIpc) is 2.29. The first-order chi connectivity index (χ1) is 8.01. The topological polar surface area (TPSA) is 23.5 Å². The second-order valence-corrected chi connectivity index (χ2v) is 5.32. The number of aliphatic hydroxyl groups excluding tert-OH is 1. The number of halogens is 1. The van der Waals surface area contributed by atoms with Crippen LogP contribution in [0, 0.1) is 0 Å². The molecule has 0 radical (unpaired) electrons. The van der Waals surface area contributed by atoms with Crippen LogP contribution in [0.3, 0.4) is 0 Å². The van der Waals surface area contributed by atoms with Gasteiger partial charge in [0.05, 0.1) is 6.10 Å². The lowest BCUT2D eigenvalue weighted by Gasteiger charge is -2.29. The number of hydrogen-bond donors (Lipinski definition) is 1. The molecule has 0 bridgehead atoms. The molecule has 0 heterocycles. The van der Waals surface area contributed by atoms with Gasteiger partial charge in [0.2, 0.25) is 0 Å². The smallest absolute Gasteiger partial charge is 0.0772 e. The van der Waals surface area contributed by atoms with E-state index in [1.807, 2.05) is 6.07 Å². The Hall–Kier alpha value is -0.540. The molecule has 1 atom stereocenters. The number of benzene rings is 1. The Morgan fingerprint density at radius 1 is 1.29 bits per heavy atom. The molecule has 0 aliphatic rings. The van der Waals surface area contributed by atoms with E-state index < -0.39 is 6.10 Å². The molecule has 96 valence electrons. The van der Waals surface area contributed by atoms with Crippen LogP contribution in [0.15, 0.2) is 22.7 Å². The van der Waals surface area contributed by atoms with Crippen molar-refractivity contribution >= 4 is 21.6 Å². The van der Waals surface area contributed by atoms with E-state index in [0.29, 0.717) is 6.04 Å². The third-order valence-electron chi connectivity index (χ3n) is 3.33. The summed E-state index contributed by atoms with van der Waals surface area (Å²) in [4.78, 5) is 2.30. The molecule has 0 saturated heterocycles. The van der Waals surface area contributed by atoms with E-state index in [1.165, 1.54) is 5.69 Å². The van der Waals surface area contributed by atoms with E-state index in [-0.39, 0.29) is 0 Å². The standard InChI is InChI=1S/C14H22BrNO/c1-5-11(6-2)16(4)12-7-8-13(10(3)17)14(15)9-12/h7-11,17H,5-6H2,1-4H3/t10-/m1/s1. The minimum atomic E-state index is -0.433. The van der Waals surface area contributed by atoms with Gasteiger partial charge in [-0.25, -0.2) is 0 Å². The minimum absolute atomic E-state index is 0.433. The summed E-state index contributed by atoms with van der Waals surface area (Å²) in [5.41, 5.74) is 2.13. The Balaban J connectivity index is 2.96. The SMILES string of the molecule is CCC(CC)N(C)c1ccc([C@@H](C)O)c(Br)c1. The van der Waals surface area contributed by atoms with E-state index in [2.05, 4.69) is 53.9 Å². The molecule has 0 fully saturated rings. The predicted molar refractivity (Wildman–Crippen MR) is 77.5 cm³/mol. The van der Waals surface area contributed by atoms with Gasteiger partial charge in [-0.05, 0) is 37.5 Å². The summed E-state index contributed by atoms with van der Waals surface area (Å²) < 4.78 is 0.975. The predicted octanol–water partition coefficient (Wildman–Crippen LogP) is 4.13. The Kier molecular flexibility index (Phi) is 5.47. The van der Waals surface area contributed by atoms with Gasteiger partial charge in [-0.3, -0.25) is 0 Å². The Bertz CT molecular complexity index is 361. The van der Waals surface area contributed by atoms with Crippen LogP contribution in [-0.4, -0.2) is 18.2 Å². The summed E-state index contributed by atoms with van der Waals surface area (Å²) >= 11 is 3.52. The molecule has 0 unspecified atom stereocenters. The van der Waals surface area contributed by atoms with Crippen molar-refractivity contribution in [1.29, 1.82) is 0 Å². The molecular weight excluding hydrogens is 278 g/mol. The molecule has 1 aromatic carbocycles. The van der Waals surface area contributed by atoms with E-state index in [0.717, 1.165) is 22.9 Å². The highest BCUT2D eigenvalue weighted by Gasteiger charge is 2.13. The van der Waals surface area contributed by atoms with Gasteiger partial charge in [-0.2, -0.15) is 0 Å². The maximum absolute atomic E-state index is 9.59. The van der Waals surface area contributed by atoms with Crippen LogP contribution in [0.1, 0.15) is 45.3 Å². The maximum atomic E-state index is 9.59. The third-order valence-corrected chi connectivity index (χ3v) is 4.02. The zero-order valence-electron chi connectivity index (χ0n) is 11.1. The molecule has 0 aliphatic heterocycles. The van der Waals surface area contributed by atoms with Crippen molar-refractivity contribution in [3.8, 4) is 0 Å². The second-order valence-electron chi connectivity index (χ2n) is 4.46. The maximum Gasteiger partial charge on any atom is 0.0772 e. The van der Waals surface area contributed by atoms with Gasteiger partial charge < -0.3 is 10.0 Å². The van der Waals surface area contributed by atoms with Crippen molar-refractivity contribution in [2.75, 3.05) is 11.9 Å². The Morgan fingerprint density at radius 2 is 1.88 bits per heavy atom. The Morgan fingerprint density at radius 3 is 2.29 bits per heavy atom. The van der Waals surface area contributed by atoms with Crippen molar-refractivity contribution in [2.45, 2.75) is 45.8 Å². The summed E-state index contributed by atoms with van der Waals surface area (Å²) in [6.45, 7) is 6.21. The number of hydrogen-bond acceptors (Lipinski definition) is 2. The molecule has 0 spiro atoms. The largest absolute Gasteiger partial charge is 0.389 e. The lowest BCUT2D eigenvalue weighted by Crippen LogP contribution is -2.30. The van der Waals surface area contributed by atoms with Gasteiger partial charge in [0.15, 0.2) is 0 Å². The van der Waals surface area contributed by atoms with E-state index in [9.17, 15) is 5.11 Å². The van der Waals surface area contributed by atoms with Crippen LogP contribution in [0.4, 0.5) is 5.69 Å². The quantitative estimate of drug-likeness (QED) is 0.884. The first-order valence-corrected chi connectivity index (χ1v) is 7.00. The zero-order chi connectivity index (χ0) is 13.0. The van der Waals surface area contributed by atoms with Gasteiger partial charge in [-0.1, -0.05) is 35.8 Å². The molecule has 3 heteroatoms. The highest BCUT2D eigenvalue weighted by molar-refractivity contribution is 9.10. The number of rotatable bonds is 5. The van der Waals surface area contributed by atoms with Crippen LogP contribution in [0.5, 0.6) is 0 Å². The fourth-order valence-corrected chi connectivity index (χ4v) is 2.82. The lowest BCUT2D eigenvalue weighted by molar-refractivity contribution is 0.198. The number of aliphatic hydroxyl groups is 1. The van der Waals surface area contributed by atoms with Crippen molar-refractivity contribution in [3.05, 3.63) is 28.2 Å². The molecule has 2 nitrogen and oxygen atoms in total. The summed E-state index contributed by atoms with van der Waals surface area (Å²) in [6, 6.07) is 6.72. The Labute approximate surface area is 113 Å². The highest BCUT2D eigenvalue weighted by Crippen LogP contribution is 2.29. The van der Waals surface area contributed by atoms with Crippen LogP contribution < -0.4 is 4.90 Å². The molecule has 17 heavy (non-hydrogen) atoms. The zero-order valence-corrected chi connectivity index (χ0v) is 12.7. The van der Waals surface area contributed by atoms with Crippen LogP contribution in [-0.2, 0) is 0 Å². The normalized spacial score (nSPS) is 12.9. The summed E-state index contributed by atoms with van der Waals surface area (Å²) in [6.07, 6.45) is 1.85. The average molecular weight is 300 g/mol.